The second-order valence-electron chi connectivity index (χ2n) is 4.88. The van der Waals surface area contributed by atoms with E-state index in [9.17, 15) is 9.59 Å². The number of aryl methyl sites for hydroxylation is 1. The molecule has 0 aliphatic rings. The Morgan fingerprint density at radius 1 is 1.27 bits per heavy atom. The van der Waals surface area contributed by atoms with Gasteiger partial charge in [0.15, 0.2) is 0 Å². The van der Waals surface area contributed by atoms with Gasteiger partial charge in [0.05, 0.1) is 0 Å². The fourth-order valence-corrected chi connectivity index (χ4v) is 2.79. The number of carbonyl (C=O) groups excluding carboxylic acids is 2. The molecule has 0 saturated heterocycles. The molecular formula is C16H17ClN2O2S. The van der Waals surface area contributed by atoms with E-state index in [1.54, 1.807) is 29.6 Å². The molecule has 22 heavy (non-hydrogen) atoms. The van der Waals surface area contributed by atoms with E-state index in [0.29, 0.717) is 30.0 Å². The van der Waals surface area contributed by atoms with E-state index in [0.717, 1.165) is 11.3 Å². The van der Waals surface area contributed by atoms with E-state index in [4.69, 9.17) is 11.6 Å². The average Bonchev–Trinajstić information content (AvgIpc) is 3.01. The Morgan fingerprint density at radius 2 is 2.09 bits per heavy atom. The predicted molar refractivity (Wildman–Crippen MR) is 90.7 cm³/mol. The van der Waals surface area contributed by atoms with E-state index in [2.05, 4.69) is 10.6 Å². The fraction of sp³-hybridized carbons (Fsp3) is 0.250. The zero-order valence-electron chi connectivity index (χ0n) is 12.2. The van der Waals surface area contributed by atoms with Crippen molar-refractivity contribution in [1.82, 2.24) is 5.32 Å². The van der Waals surface area contributed by atoms with Gasteiger partial charge < -0.3 is 10.6 Å². The van der Waals surface area contributed by atoms with Crippen molar-refractivity contribution in [3.8, 4) is 0 Å². The van der Waals surface area contributed by atoms with Gasteiger partial charge in [-0.25, -0.2) is 0 Å². The lowest BCUT2D eigenvalue weighted by molar-refractivity contribution is -0.116. The van der Waals surface area contributed by atoms with E-state index in [1.807, 2.05) is 12.3 Å². The number of benzene rings is 1. The van der Waals surface area contributed by atoms with Crippen LogP contribution in [0.5, 0.6) is 0 Å². The maximum absolute atomic E-state index is 11.9. The molecule has 1 aromatic carbocycles. The first-order chi connectivity index (χ1) is 10.6. The summed E-state index contributed by atoms with van der Waals surface area (Å²) in [5.74, 6) is -0.176. The van der Waals surface area contributed by atoms with Crippen LogP contribution in [0.1, 0.15) is 28.8 Å². The highest BCUT2D eigenvalue weighted by atomic mass is 35.5. The molecular weight excluding hydrogens is 320 g/mol. The number of rotatable bonds is 6. The predicted octanol–water partition coefficient (Wildman–Crippen LogP) is 3.86. The Labute approximate surface area is 138 Å². The third kappa shape index (κ3) is 4.86. The maximum atomic E-state index is 11.9. The van der Waals surface area contributed by atoms with Crippen molar-refractivity contribution in [2.45, 2.75) is 19.8 Å². The van der Waals surface area contributed by atoms with Crippen LogP contribution >= 0.6 is 22.9 Å². The first kappa shape index (κ1) is 16.5. The molecule has 0 bridgehead atoms. The molecule has 0 unspecified atom stereocenters. The molecule has 2 rings (SSSR count). The fourth-order valence-electron chi connectivity index (χ4n) is 1.93. The SMILES string of the molecule is Cc1cc(Cl)ccc1NC(=O)CCCNC(=O)c1ccsc1. The maximum Gasteiger partial charge on any atom is 0.252 e. The summed E-state index contributed by atoms with van der Waals surface area (Å²) in [7, 11) is 0. The molecule has 1 aromatic heterocycles. The third-order valence-electron chi connectivity index (χ3n) is 3.11. The van der Waals surface area contributed by atoms with Crippen LogP contribution < -0.4 is 10.6 Å². The van der Waals surface area contributed by atoms with Gasteiger partial charge in [0, 0.05) is 34.6 Å². The molecule has 0 fully saturated rings. The number of amides is 2. The number of nitrogens with one attached hydrogen (secondary N) is 2. The van der Waals surface area contributed by atoms with Crippen LogP contribution in [0.4, 0.5) is 5.69 Å². The van der Waals surface area contributed by atoms with Crippen molar-refractivity contribution in [2.24, 2.45) is 0 Å². The summed E-state index contributed by atoms with van der Waals surface area (Å²) in [6, 6.07) is 7.10. The number of halogens is 1. The molecule has 2 amide bonds. The second-order valence-corrected chi connectivity index (χ2v) is 6.10. The quantitative estimate of drug-likeness (QED) is 0.787. The van der Waals surface area contributed by atoms with Gasteiger partial charge in [0.2, 0.25) is 5.91 Å². The van der Waals surface area contributed by atoms with Crippen LogP contribution in [-0.2, 0) is 4.79 Å². The molecule has 0 atom stereocenters. The molecule has 6 heteroatoms. The number of hydrogen-bond donors (Lipinski definition) is 2. The molecule has 2 N–H and O–H groups in total. The lowest BCUT2D eigenvalue weighted by Gasteiger charge is -2.09. The van der Waals surface area contributed by atoms with Gasteiger partial charge in [-0.1, -0.05) is 11.6 Å². The van der Waals surface area contributed by atoms with Crippen LogP contribution in [0, 0.1) is 6.92 Å². The Bertz CT molecular complexity index is 656. The number of carbonyl (C=O) groups is 2. The highest BCUT2D eigenvalue weighted by Crippen LogP contribution is 2.19. The standard InChI is InChI=1S/C16H17ClN2O2S/c1-11-9-13(17)4-5-14(11)19-15(20)3-2-7-18-16(21)12-6-8-22-10-12/h4-6,8-10H,2-3,7H2,1H3,(H,18,21)(H,19,20). The Kier molecular flexibility index (Phi) is 5.98. The van der Waals surface area contributed by atoms with Gasteiger partial charge in [0.1, 0.15) is 0 Å². The Morgan fingerprint density at radius 3 is 2.77 bits per heavy atom. The van der Waals surface area contributed by atoms with Crippen LogP contribution in [-0.4, -0.2) is 18.4 Å². The smallest absolute Gasteiger partial charge is 0.252 e. The monoisotopic (exact) mass is 336 g/mol. The van der Waals surface area contributed by atoms with E-state index < -0.39 is 0 Å². The third-order valence-corrected chi connectivity index (χ3v) is 4.03. The van der Waals surface area contributed by atoms with Gasteiger partial charge in [0.25, 0.3) is 5.91 Å². The molecule has 0 spiro atoms. The van der Waals surface area contributed by atoms with Crippen molar-refractivity contribution in [2.75, 3.05) is 11.9 Å². The van der Waals surface area contributed by atoms with Gasteiger partial charge in [-0.05, 0) is 48.6 Å². The molecule has 2 aromatic rings. The Hall–Kier alpha value is -1.85. The topological polar surface area (TPSA) is 58.2 Å². The van der Waals surface area contributed by atoms with Crippen molar-refractivity contribution < 1.29 is 9.59 Å². The van der Waals surface area contributed by atoms with Gasteiger partial charge in [-0.2, -0.15) is 11.3 Å². The van der Waals surface area contributed by atoms with Gasteiger partial charge >= 0.3 is 0 Å². The van der Waals surface area contributed by atoms with Crippen LogP contribution in [0.2, 0.25) is 5.02 Å². The molecule has 0 radical (unpaired) electrons. The Balaban J connectivity index is 1.71. The summed E-state index contributed by atoms with van der Waals surface area (Å²) in [5.41, 5.74) is 2.34. The highest BCUT2D eigenvalue weighted by molar-refractivity contribution is 7.08. The molecule has 0 aliphatic carbocycles. The summed E-state index contributed by atoms with van der Waals surface area (Å²) in [5, 5.41) is 9.94. The van der Waals surface area contributed by atoms with E-state index in [-0.39, 0.29) is 11.8 Å². The van der Waals surface area contributed by atoms with E-state index in [1.165, 1.54) is 11.3 Å². The van der Waals surface area contributed by atoms with Crippen molar-refractivity contribution in [3.05, 3.63) is 51.2 Å². The van der Waals surface area contributed by atoms with Crippen LogP contribution in [0.15, 0.2) is 35.0 Å². The summed E-state index contributed by atoms with van der Waals surface area (Å²) >= 11 is 7.36. The number of thiophene rings is 1. The van der Waals surface area contributed by atoms with Crippen LogP contribution in [0.25, 0.3) is 0 Å². The van der Waals surface area contributed by atoms with Crippen molar-refractivity contribution in [1.29, 1.82) is 0 Å². The number of hydrogen-bond acceptors (Lipinski definition) is 3. The lowest BCUT2D eigenvalue weighted by atomic mass is 10.2. The van der Waals surface area contributed by atoms with Gasteiger partial charge in [-0.3, -0.25) is 9.59 Å². The summed E-state index contributed by atoms with van der Waals surface area (Å²) in [6.07, 6.45) is 0.945. The van der Waals surface area contributed by atoms with E-state index >= 15 is 0 Å². The summed E-state index contributed by atoms with van der Waals surface area (Å²) in [6.45, 7) is 2.37. The minimum atomic E-state index is -0.102. The first-order valence-electron chi connectivity index (χ1n) is 6.92. The molecule has 0 saturated carbocycles. The molecule has 4 nitrogen and oxygen atoms in total. The minimum absolute atomic E-state index is 0.0739. The lowest BCUT2D eigenvalue weighted by Crippen LogP contribution is -2.25. The van der Waals surface area contributed by atoms with Crippen LogP contribution in [0.3, 0.4) is 0 Å². The molecule has 0 aliphatic heterocycles. The zero-order valence-corrected chi connectivity index (χ0v) is 13.8. The van der Waals surface area contributed by atoms with Gasteiger partial charge in [-0.15, -0.1) is 0 Å². The van der Waals surface area contributed by atoms with Crippen molar-refractivity contribution >= 4 is 40.4 Å². The first-order valence-corrected chi connectivity index (χ1v) is 8.25. The summed E-state index contributed by atoms with van der Waals surface area (Å²) < 4.78 is 0. The largest absolute Gasteiger partial charge is 0.352 e. The zero-order chi connectivity index (χ0) is 15.9. The summed E-state index contributed by atoms with van der Waals surface area (Å²) in [4.78, 5) is 23.6. The second kappa shape index (κ2) is 7.96. The number of anilines is 1. The highest BCUT2D eigenvalue weighted by Gasteiger charge is 2.07. The van der Waals surface area contributed by atoms with Crippen molar-refractivity contribution in [3.63, 3.8) is 0 Å². The molecule has 1 heterocycles. The minimum Gasteiger partial charge on any atom is -0.352 e. The average molecular weight is 337 g/mol. The normalized spacial score (nSPS) is 10.3. The molecule has 116 valence electrons.